The van der Waals surface area contributed by atoms with Crippen molar-refractivity contribution >= 4 is 17.6 Å². The lowest BCUT2D eigenvalue weighted by Crippen LogP contribution is -2.50. The van der Waals surface area contributed by atoms with Gasteiger partial charge in [-0.15, -0.1) is 0 Å². The van der Waals surface area contributed by atoms with E-state index in [9.17, 15) is 19.1 Å². The summed E-state index contributed by atoms with van der Waals surface area (Å²) in [5.41, 5.74) is 1.89. The Morgan fingerprint density at radius 3 is 2.71 bits per heavy atom. The Labute approximate surface area is 220 Å². The lowest BCUT2D eigenvalue weighted by molar-refractivity contribution is -0.120. The highest BCUT2D eigenvalue weighted by molar-refractivity contribution is 6.00. The molecule has 2 heterocycles. The zero-order valence-electron chi connectivity index (χ0n) is 21.1. The van der Waals surface area contributed by atoms with E-state index in [1.165, 1.54) is 17.0 Å². The average molecular weight is 517 g/mol. The SMILES string of the molecule is CN1C(=O)[C@@H](NC(=O)n2cc(Cc3ccc(F)cc3)cn2)COc2ccc(C#CC3(O)CCCCC3)cc21. The second kappa shape index (κ2) is 10.7. The molecule has 0 bridgehead atoms. The molecular weight excluding hydrogens is 487 g/mol. The molecule has 2 aliphatic rings. The molecule has 1 fully saturated rings. The minimum atomic E-state index is -0.968. The van der Waals surface area contributed by atoms with Crippen molar-refractivity contribution in [2.24, 2.45) is 0 Å². The van der Waals surface area contributed by atoms with Gasteiger partial charge in [0.25, 0.3) is 5.91 Å². The van der Waals surface area contributed by atoms with E-state index in [0.717, 1.165) is 35.1 Å². The van der Waals surface area contributed by atoms with Crippen LogP contribution in [0.15, 0.2) is 54.9 Å². The summed E-state index contributed by atoms with van der Waals surface area (Å²) in [6.07, 6.45) is 7.98. The summed E-state index contributed by atoms with van der Waals surface area (Å²) in [5.74, 6) is 5.92. The summed E-state index contributed by atoms with van der Waals surface area (Å²) in [4.78, 5) is 27.5. The molecule has 3 aromatic rings. The molecule has 1 atom stereocenters. The maximum absolute atomic E-state index is 13.2. The number of rotatable bonds is 3. The monoisotopic (exact) mass is 516 g/mol. The Balaban J connectivity index is 1.25. The highest BCUT2D eigenvalue weighted by Gasteiger charge is 2.31. The Morgan fingerprint density at radius 2 is 1.95 bits per heavy atom. The molecule has 38 heavy (non-hydrogen) atoms. The lowest BCUT2D eigenvalue weighted by Gasteiger charge is -2.26. The summed E-state index contributed by atoms with van der Waals surface area (Å²) in [7, 11) is 1.62. The molecule has 0 spiro atoms. The Bertz CT molecular complexity index is 1400. The van der Waals surface area contributed by atoms with E-state index < -0.39 is 17.7 Å². The van der Waals surface area contributed by atoms with Gasteiger partial charge >= 0.3 is 6.03 Å². The van der Waals surface area contributed by atoms with Crippen LogP contribution in [0.5, 0.6) is 5.75 Å². The molecule has 2 N–H and O–H groups in total. The van der Waals surface area contributed by atoms with Crippen molar-refractivity contribution in [2.45, 2.75) is 50.2 Å². The van der Waals surface area contributed by atoms with Gasteiger partial charge in [-0.2, -0.15) is 9.78 Å². The molecule has 5 rings (SSSR count). The highest BCUT2D eigenvalue weighted by Crippen LogP contribution is 2.32. The number of amides is 2. The van der Waals surface area contributed by atoms with Gasteiger partial charge in [-0.05, 0) is 67.1 Å². The van der Waals surface area contributed by atoms with E-state index >= 15 is 0 Å². The smallest absolute Gasteiger partial charge is 0.342 e. The number of hydrogen-bond acceptors (Lipinski definition) is 5. The quantitative estimate of drug-likeness (QED) is 0.518. The van der Waals surface area contributed by atoms with Gasteiger partial charge in [-0.25, -0.2) is 9.18 Å². The first-order chi connectivity index (χ1) is 18.3. The van der Waals surface area contributed by atoms with Crippen LogP contribution in [-0.4, -0.2) is 52.1 Å². The van der Waals surface area contributed by atoms with E-state index in [1.807, 2.05) is 0 Å². The van der Waals surface area contributed by atoms with Gasteiger partial charge in [0.15, 0.2) is 0 Å². The first kappa shape index (κ1) is 25.5. The van der Waals surface area contributed by atoms with E-state index in [1.54, 1.807) is 49.8 Å². The van der Waals surface area contributed by atoms with Crippen LogP contribution in [0.25, 0.3) is 0 Å². The van der Waals surface area contributed by atoms with Gasteiger partial charge in [0.2, 0.25) is 0 Å². The normalized spacial score (nSPS) is 18.4. The molecule has 0 saturated heterocycles. The van der Waals surface area contributed by atoms with Crippen molar-refractivity contribution in [1.82, 2.24) is 15.1 Å². The standard InChI is InChI=1S/C29H29FN4O4/c1-33-25-16-21(11-14-29(37)12-3-2-4-13-29)7-10-26(25)38-19-24(27(33)35)32-28(36)34-18-22(17-31-34)15-20-5-8-23(30)9-6-20/h5-10,16-18,24,37H,2-4,12-13,15,19H2,1H3,(H,32,36)/t24-/m0/s1. The molecule has 1 aliphatic carbocycles. The van der Waals surface area contributed by atoms with Crippen LogP contribution in [0.2, 0.25) is 0 Å². The fraction of sp³-hybridized carbons (Fsp3) is 0.345. The van der Waals surface area contributed by atoms with Crippen LogP contribution in [0, 0.1) is 17.7 Å². The molecule has 1 saturated carbocycles. The van der Waals surface area contributed by atoms with E-state index in [2.05, 4.69) is 22.3 Å². The number of carbonyl (C=O) groups is 2. The number of benzene rings is 2. The van der Waals surface area contributed by atoms with E-state index in [-0.39, 0.29) is 18.3 Å². The van der Waals surface area contributed by atoms with Crippen LogP contribution >= 0.6 is 0 Å². The maximum atomic E-state index is 13.2. The third-order valence-electron chi connectivity index (χ3n) is 6.94. The largest absolute Gasteiger partial charge is 0.489 e. The highest BCUT2D eigenvalue weighted by atomic mass is 19.1. The number of ether oxygens (including phenoxy) is 1. The van der Waals surface area contributed by atoms with Crippen LogP contribution in [0.3, 0.4) is 0 Å². The number of anilines is 1. The van der Waals surface area contributed by atoms with E-state index in [0.29, 0.717) is 36.3 Å². The summed E-state index contributed by atoms with van der Waals surface area (Å²) >= 11 is 0. The first-order valence-electron chi connectivity index (χ1n) is 12.7. The summed E-state index contributed by atoms with van der Waals surface area (Å²) in [6.45, 7) is -0.0452. The van der Waals surface area contributed by atoms with Crippen molar-refractivity contribution in [3.8, 4) is 17.6 Å². The van der Waals surface area contributed by atoms with Gasteiger partial charge in [-0.3, -0.25) is 4.79 Å². The number of likely N-dealkylation sites (N-methyl/N-ethyl adjacent to an activating group) is 1. The second-order valence-corrected chi connectivity index (χ2v) is 9.83. The molecule has 9 heteroatoms. The predicted molar refractivity (Wildman–Crippen MR) is 139 cm³/mol. The first-order valence-corrected chi connectivity index (χ1v) is 12.7. The lowest BCUT2D eigenvalue weighted by atomic mass is 9.85. The fourth-order valence-electron chi connectivity index (χ4n) is 4.75. The number of aromatic nitrogens is 2. The minimum absolute atomic E-state index is 0.0452. The number of nitrogens with one attached hydrogen (secondary N) is 1. The maximum Gasteiger partial charge on any atom is 0.342 e. The zero-order chi connectivity index (χ0) is 26.7. The third-order valence-corrected chi connectivity index (χ3v) is 6.94. The van der Waals surface area contributed by atoms with Gasteiger partial charge in [0, 0.05) is 25.2 Å². The molecular formula is C29H29FN4O4. The van der Waals surface area contributed by atoms with Crippen molar-refractivity contribution in [3.05, 3.63) is 77.4 Å². The second-order valence-electron chi connectivity index (χ2n) is 9.83. The Morgan fingerprint density at radius 1 is 1.18 bits per heavy atom. The number of halogens is 1. The van der Waals surface area contributed by atoms with Crippen LogP contribution in [-0.2, 0) is 11.2 Å². The molecule has 8 nitrogen and oxygen atoms in total. The number of carbonyl (C=O) groups excluding carboxylic acids is 2. The molecule has 0 radical (unpaired) electrons. The minimum Gasteiger partial charge on any atom is -0.489 e. The van der Waals surface area contributed by atoms with Crippen molar-refractivity contribution in [1.29, 1.82) is 0 Å². The number of fused-ring (bicyclic) bond motifs is 1. The van der Waals surface area contributed by atoms with Crippen molar-refractivity contribution in [3.63, 3.8) is 0 Å². The molecule has 2 amide bonds. The topological polar surface area (TPSA) is 96.7 Å². The molecule has 2 aromatic carbocycles. The van der Waals surface area contributed by atoms with Crippen LogP contribution in [0.4, 0.5) is 14.9 Å². The molecule has 1 aromatic heterocycles. The number of hydrogen-bond donors (Lipinski definition) is 2. The van der Waals surface area contributed by atoms with Gasteiger partial charge in [0.1, 0.15) is 29.8 Å². The molecule has 0 unspecified atom stereocenters. The van der Waals surface area contributed by atoms with Gasteiger partial charge in [-0.1, -0.05) is 30.4 Å². The van der Waals surface area contributed by atoms with Crippen LogP contribution in [0.1, 0.15) is 48.8 Å². The predicted octanol–water partition coefficient (Wildman–Crippen LogP) is 3.64. The van der Waals surface area contributed by atoms with Crippen molar-refractivity contribution in [2.75, 3.05) is 18.6 Å². The average Bonchev–Trinajstić information content (AvgIpc) is 3.35. The van der Waals surface area contributed by atoms with Crippen LogP contribution < -0.4 is 15.0 Å². The summed E-state index contributed by atoms with van der Waals surface area (Å²) in [6, 6.07) is 9.92. The number of aliphatic hydroxyl groups is 1. The van der Waals surface area contributed by atoms with E-state index in [4.69, 9.17) is 4.74 Å². The third kappa shape index (κ3) is 5.71. The fourth-order valence-corrected chi connectivity index (χ4v) is 4.75. The summed E-state index contributed by atoms with van der Waals surface area (Å²) in [5, 5.41) is 17.5. The molecule has 196 valence electrons. The summed E-state index contributed by atoms with van der Waals surface area (Å²) < 4.78 is 20.1. The Kier molecular flexibility index (Phi) is 7.16. The Hall–Kier alpha value is -4.16. The van der Waals surface area contributed by atoms with Crippen molar-refractivity contribution < 1.29 is 23.8 Å². The molecule has 1 aliphatic heterocycles. The zero-order valence-corrected chi connectivity index (χ0v) is 21.1. The number of nitrogens with zero attached hydrogens (tertiary/aromatic N) is 3. The van der Waals surface area contributed by atoms with Gasteiger partial charge < -0.3 is 20.1 Å². The van der Waals surface area contributed by atoms with Gasteiger partial charge in [0.05, 0.1) is 11.9 Å².